The number of piperazine rings is 1. The molecular weight excluding hydrogens is 471 g/mol. The third kappa shape index (κ3) is 8.38. The molecule has 28 heavy (non-hydrogen) atoms. The van der Waals surface area contributed by atoms with E-state index in [1.54, 1.807) is 6.92 Å². The molecule has 0 aromatic heterocycles. The Balaban J connectivity index is 0.00000392. The second-order valence-electron chi connectivity index (χ2n) is 7.69. The summed E-state index contributed by atoms with van der Waals surface area (Å²) in [7, 11) is 1.82. The van der Waals surface area contributed by atoms with Crippen LogP contribution in [0.3, 0.4) is 0 Å². The highest BCUT2D eigenvalue weighted by Gasteiger charge is 2.24. The Bertz CT molecular complexity index is 477. The van der Waals surface area contributed by atoms with Crippen molar-refractivity contribution in [2.75, 3.05) is 79.2 Å². The maximum atomic E-state index is 11.4. The minimum Gasteiger partial charge on any atom is -0.379 e. The van der Waals surface area contributed by atoms with Crippen LogP contribution in [0.2, 0.25) is 0 Å². The number of morpholine rings is 1. The molecule has 0 radical (unpaired) electrons. The lowest BCUT2D eigenvalue weighted by atomic mass is 10.0. The minimum atomic E-state index is 0. The average Bonchev–Trinajstić information content (AvgIpc) is 2.67. The fraction of sp³-hybridized carbons (Fsp3) is 0.895. The number of hydrogen-bond acceptors (Lipinski definition) is 5. The van der Waals surface area contributed by atoms with Gasteiger partial charge in [0.15, 0.2) is 5.96 Å². The second kappa shape index (κ2) is 13.6. The number of nitrogens with zero attached hydrogens (tertiary/aromatic N) is 4. The van der Waals surface area contributed by atoms with Gasteiger partial charge in [-0.15, -0.1) is 24.0 Å². The lowest BCUT2D eigenvalue weighted by Gasteiger charge is -2.37. The largest absolute Gasteiger partial charge is 0.379 e. The van der Waals surface area contributed by atoms with Gasteiger partial charge in [-0.1, -0.05) is 13.8 Å². The molecule has 164 valence electrons. The summed E-state index contributed by atoms with van der Waals surface area (Å²) in [5, 5.41) is 6.91. The van der Waals surface area contributed by atoms with Crippen LogP contribution in [-0.4, -0.2) is 112 Å². The second-order valence-corrected chi connectivity index (χ2v) is 7.69. The van der Waals surface area contributed by atoms with Crippen molar-refractivity contribution in [3.05, 3.63) is 0 Å². The number of ether oxygens (including phenoxy) is 1. The Morgan fingerprint density at radius 1 is 1.07 bits per heavy atom. The molecular formula is C19H39IN6O2. The van der Waals surface area contributed by atoms with Crippen molar-refractivity contribution in [3.8, 4) is 0 Å². The first-order valence-corrected chi connectivity index (χ1v) is 10.3. The highest BCUT2D eigenvalue weighted by Crippen LogP contribution is 2.12. The van der Waals surface area contributed by atoms with Crippen LogP contribution in [0.5, 0.6) is 0 Å². The number of hydrogen-bond donors (Lipinski definition) is 2. The summed E-state index contributed by atoms with van der Waals surface area (Å²) in [6.07, 6.45) is 0. The quantitative estimate of drug-likeness (QED) is 0.292. The molecule has 1 atom stereocenters. The SMILES string of the molecule is CN=C(NCCN1CCN(C(C)=O)CC1)NCC(C(C)C)N1CCOCC1.I. The van der Waals surface area contributed by atoms with Crippen molar-refractivity contribution in [2.24, 2.45) is 10.9 Å². The van der Waals surface area contributed by atoms with Gasteiger partial charge in [0, 0.05) is 78.9 Å². The summed E-state index contributed by atoms with van der Waals surface area (Å²) in [4.78, 5) is 22.6. The Kier molecular flexibility index (Phi) is 12.3. The Morgan fingerprint density at radius 2 is 1.71 bits per heavy atom. The Labute approximate surface area is 187 Å². The summed E-state index contributed by atoms with van der Waals surface area (Å²) >= 11 is 0. The molecule has 2 fully saturated rings. The van der Waals surface area contributed by atoms with Gasteiger partial charge in [0.1, 0.15) is 0 Å². The van der Waals surface area contributed by atoms with E-state index in [4.69, 9.17) is 4.74 Å². The van der Waals surface area contributed by atoms with E-state index < -0.39 is 0 Å². The first kappa shape index (κ1) is 25.4. The molecule has 2 rings (SSSR count). The molecule has 0 aromatic carbocycles. The first-order valence-electron chi connectivity index (χ1n) is 10.3. The van der Waals surface area contributed by atoms with Crippen molar-refractivity contribution < 1.29 is 9.53 Å². The third-order valence-corrected chi connectivity index (χ3v) is 5.52. The van der Waals surface area contributed by atoms with Crippen LogP contribution in [0.4, 0.5) is 0 Å². The lowest BCUT2D eigenvalue weighted by Crippen LogP contribution is -2.53. The summed E-state index contributed by atoms with van der Waals surface area (Å²) in [5.41, 5.74) is 0. The van der Waals surface area contributed by atoms with E-state index >= 15 is 0 Å². The van der Waals surface area contributed by atoms with Gasteiger partial charge in [-0.3, -0.25) is 19.6 Å². The van der Waals surface area contributed by atoms with Gasteiger partial charge in [0.2, 0.25) is 5.91 Å². The normalized spacial score (nSPS) is 20.6. The summed E-state index contributed by atoms with van der Waals surface area (Å²) in [5.74, 6) is 1.61. The van der Waals surface area contributed by atoms with Gasteiger partial charge in [-0.2, -0.15) is 0 Å². The van der Waals surface area contributed by atoms with Crippen LogP contribution in [0.15, 0.2) is 4.99 Å². The minimum absolute atomic E-state index is 0. The van der Waals surface area contributed by atoms with Crippen molar-refractivity contribution in [1.29, 1.82) is 0 Å². The first-order chi connectivity index (χ1) is 13.0. The molecule has 1 amide bonds. The van der Waals surface area contributed by atoms with Crippen molar-refractivity contribution in [2.45, 2.75) is 26.8 Å². The van der Waals surface area contributed by atoms with Gasteiger partial charge < -0.3 is 20.3 Å². The van der Waals surface area contributed by atoms with Crippen molar-refractivity contribution in [1.82, 2.24) is 25.3 Å². The zero-order valence-corrected chi connectivity index (χ0v) is 20.3. The van der Waals surface area contributed by atoms with Crippen molar-refractivity contribution in [3.63, 3.8) is 0 Å². The standard InChI is InChI=1S/C19H38N6O2.HI/c1-16(2)18(25-11-13-27-14-12-25)15-22-19(20-4)21-5-6-23-7-9-24(10-8-23)17(3)26;/h16,18H,5-15H2,1-4H3,(H2,20,21,22);1H. The zero-order valence-electron chi connectivity index (χ0n) is 17.9. The monoisotopic (exact) mass is 510 g/mol. The van der Waals surface area contributed by atoms with E-state index in [0.717, 1.165) is 78.1 Å². The van der Waals surface area contributed by atoms with Crippen LogP contribution >= 0.6 is 24.0 Å². The molecule has 2 aliphatic rings. The van der Waals surface area contributed by atoms with Gasteiger partial charge >= 0.3 is 0 Å². The number of amides is 1. The van der Waals surface area contributed by atoms with Crippen molar-refractivity contribution >= 4 is 35.8 Å². The highest BCUT2D eigenvalue weighted by atomic mass is 127. The molecule has 2 saturated heterocycles. The van der Waals surface area contributed by atoms with Gasteiger partial charge in [0.25, 0.3) is 0 Å². The predicted octanol–water partition coefficient (Wildman–Crippen LogP) is 0.290. The predicted molar refractivity (Wildman–Crippen MR) is 124 cm³/mol. The van der Waals surface area contributed by atoms with E-state index in [1.165, 1.54) is 0 Å². The van der Waals surface area contributed by atoms with E-state index in [2.05, 4.69) is 39.3 Å². The molecule has 0 aromatic rings. The van der Waals surface area contributed by atoms with Crippen LogP contribution in [0.25, 0.3) is 0 Å². The van der Waals surface area contributed by atoms with Crippen LogP contribution in [0, 0.1) is 5.92 Å². The summed E-state index contributed by atoms with van der Waals surface area (Å²) in [6.45, 7) is 16.1. The molecule has 0 spiro atoms. The van der Waals surface area contributed by atoms with E-state index in [9.17, 15) is 4.79 Å². The molecule has 8 nitrogen and oxygen atoms in total. The Morgan fingerprint density at radius 3 is 2.25 bits per heavy atom. The molecule has 1 unspecified atom stereocenters. The van der Waals surface area contributed by atoms with Gasteiger partial charge in [-0.25, -0.2) is 0 Å². The number of carbonyl (C=O) groups is 1. The fourth-order valence-electron chi connectivity index (χ4n) is 3.74. The van der Waals surface area contributed by atoms with Crippen LogP contribution in [0.1, 0.15) is 20.8 Å². The number of nitrogens with one attached hydrogen (secondary N) is 2. The summed E-state index contributed by atoms with van der Waals surface area (Å²) < 4.78 is 5.48. The number of guanidine groups is 1. The number of aliphatic imine (C=N–C) groups is 1. The van der Waals surface area contributed by atoms with E-state index in [-0.39, 0.29) is 29.9 Å². The maximum absolute atomic E-state index is 11.4. The average molecular weight is 510 g/mol. The van der Waals surface area contributed by atoms with Gasteiger partial charge in [0.05, 0.1) is 13.2 Å². The molecule has 2 heterocycles. The fourth-order valence-corrected chi connectivity index (χ4v) is 3.74. The maximum Gasteiger partial charge on any atom is 0.219 e. The van der Waals surface area contributed by atoms with E-state index in [1.807, 2.05) is 11.9 Å². The Hall–Kier alpha value is -0.650. The third-order valence-electron chi connectivity index (χ3n) is 5.52. The molecule has 2 aliphatic heterocycles. The molecule has 0 saturated carbocycles. The van der Waals surface area contributed by atoms with Gasteiger partial charge in [-0.05, 0) is 5.92 Å². The van der Waals surface area contributed by atoms with E-state index in [0.29, 0.717) is 12.0 Å². The number of carbonyl (C=O) groups excluding carboxylic acids is 1. The van der Waals surface area contributed by atoms with Crippen LogP contribution in [-0.2, 0) is 9.53 Å². The smallest absolute Gasteiger partial charge is 0.219 e. The number of rotatable bonds is 7. The highest BCUT2D eigenvalue weighted by molar-refractivity contribution is 14.0. The molecule has 0 bridgehead atoms. The van der Waals surface area contributed by atoms with Crippen LogP contribution < -0.4 is 10.6 Å². The topological polar surface area (TPSA) is 72.4 Å². The molecule has 0 aliphatic carbocycles. The zero-order chi connectivity index (χ0) is 19.6. The summed E-state index contributed by atoms with van der Waals surface area (Å²) in [6, 6.07) is 0.479. The lowest BCUT2D eigenvalue weighted by molar-refractivity contribution is -0.130. The molecule has 2 N–H and O–H groups in total. The molecule has 9 heteroatoms. The number of halogens is 1.